The smallest absolute Gasteiger partial charge is 0.410 e. The molecular weight excluding hydrogens is 336 g/mol. The first-order valence-corrected chi connectivity index (χ1v) is 8.79. The third-order valence-electron chi connectivity index (χ3n) is 4.09. The van der Waals surface area contributed by atoms with Crippen molar-refractivity contribution in [3.8, 4) is 0 Å². The molecule has 26 heavy (non-hydrogen) atoms. The van der Waals surface area contributed by atoms with Gasteiger partial charge >= 0.3 is 12.2 Å². The number of amides is 2. The molecule has 2 rings (SSSR count). The first-order chi connectivity index (χ1) is 12.2. The minimum atomic E-state index is -0.759. The molecule has 0 aliphatic carbocycles. The third kappa shape index (κ3) is 5.91. The molecule has 1 saturated heterocycles. The summed E-state index contributed by atoms with van der Waals surface area (Å²) in [5.41, 5.74) is 0.335. The van der Waals surface area contributed by atoms with Crippen molar-refractivity contribution in [2.45, 2.75) is 52.0 Å². The van der Waals surface area contributed by atoms with Crippen LogP contribution in [-0.2, 0) is 16.1 Å². The van der Waals surface area contributed by atoms with Gasteiger partial charge in [-0.3, -0.25) is 0 Å². The SMILES string of the molecule is C[C@@H](O)[C@@H](NC(=O)OCc1ccccc1)C1CN(C(=O)OC(C)(C)C)C1. The van der Waals surface area contributed by atoms with E-state index in [9.17, 15) is 14.7 Å². The molecule has 2 amide bonds. The molecule has 1 heterocycles. The van der Waals surface area contributed by atoms with Crippen molar-refractivity contribution in [3.63, 3.8) is 0 Å². The number of benzene rings is 1. The average molecular weight is 364 g/mol. The Hall–Kier alpha value is -2.28. The molecule has 0 radical (unpaired) electrons. The lowest BCUT2D eigenvalue weighted by Crippen LogP contribution is -2.61. The molecule has 0 bridgehead atoms. The maximum absolute atomic E-state index is 12.0. The fourth-order valence-corrected chi connectivity index (χ4v) is 2.75. The minimum absolute atomic E-state index is 0.0493. The van der Waals surface area contributed by atoms with Crippen molar-refractivity contribution >= 4 is 12.2 Å². The van der Waals surface area contributed by atoms with Crippen LogP contribution in [0.5, 0.6) is 0 Å². The topological polar surface area (TPSA) is 88.1 Å². The van der Waals surface area contributed by atoms with Gasteiger partial charge in [-0.1, -0.05) is 30.3 Å². The first-order valence-electron chi connectivity index (χ1n) is 8.79. The lowest BCUT2D eigenvalue weighted by atomic mass is 9.89. The van der Waals surface area contributed by atoms with E-state index in [0.717, 1.165) is 5.56 Å². The maximum atomic E-state index is 12.0. The van der Waals surface area contributed by atoms with E-state index >= 15 is 0 Å². The zero-order valence-corrected chi connectivity index (χ0v) is 15.8. The van der Waals surface area contributed by atoms with E-state index in [4.69, 9.17) is 9.47 Å². The minimum Gasteiger partial charge on any atom is -0.445 e. The fraction of sp³-hybridized carbons (Fsp3) is 0.579. The van der Waals surface area contributed by atoms with Gasteiger partial charge in [-0.25, -0.2) is 9.59 Å². The number of carbonyl (C=O) groups is 2. The van der Waals surface area contributed by atoms with E-state index in [1.807, 2.05) is 51.1 Å². The average Bonchev–Trinajstić information content (AvgIpc) is 2.49. The number of rotatable bonds is 5. The van der Waals surface area contributed by atoms with Crippen LogP contribution in [-0.4, -0.2) is 53.0 Å². The van der Waals surface area contributed by atoms with Crippen molar-refractivity contribution in [2.24, 2.45) is 5.92 Å². The van der Waals surface area contributed by atoms with Gasteiger partial charge in [0.05, 0.1) is 12.1 Å². The van der Waals surface area contributed by atoms with Crippen LogP contribution in [0.4, 0.5) is 9.59 Å². The lowest BCUT2D eigenvalue weighted by molar-refractivity contribution is -0.0184. The quantitative estimate of drug-likeness (QED) is 0.838. The normalized spacial score (nSPS) is 17.0. The van der Waals surface area contributed by atoms with Gasteiger partial charge in [0.15, 0.2) is 0 Å². The number of likely N-dealkylation sites (tertiary alicyclic amines) is 1. The summed E-state index contributed by atoms with van der Waals surface area (Å²) in [4.78, 5) is 25.6. The molecule has 7 nitrogen and oxygen atoms in total. The first kappa shape index (κ1) is 20.0. The zero-order valence-electron chi connectivity index (χ0n) is 15.8. The van der Waals surface area contributed by atoms with Gasteiger partial charge in [0.1, 0.15) is 12.2 Å². The van der Waals surface area contributed by atoms with Crippen LogP contribution in [0.3, 0.4) is 0 Å². The van der Waals surface area contributed by atoms with Gasteiger partial charge in [-0.05, 0) is 33.3 Å². The lowest BCUT2D eigenvalue weighted by Gasteiger charge is -2.44. The van der Waals surface area contributed by atoms with E-state index in [1.54, 1.807) is 11.8 Å². The van der Waals surface area contributed by atoms with Crippen molar-refractivity contribution < 1.29 is 24.2 Å². The Balaban J connectivity index is 1.80. The maximum Gasteiger partial charge on any atom is 0.410 e. The molecule has 2 atom stereocenters. The van der Waals surface area contributed by atoms with Crippen LogP contribution in [0.1, 0.15) is 33.3 Å². The summed E-state index contributed by atoms with van der Waals surface area (Å²) in [7, 11) is 0. The van der Waals surface area contributed by atoms with Gasteiger partial charge in [0.25, 0.3) is 0 Å². The molecule has 0 spiro atoms. The molecule has 1 aromatic rings. The second kappa shape index (κ2) is 8.40. The monoisotopic (exact) mass is 364 g/mol. The van der Waals surface area contributed by atoms with Crippen LogP contribution >= 0.6 is 0 Å². The molecule has 0 saturated carbocycles. The number of alkyl carbamates (subject to hydrolysis) is 1. The number of aliphatic hydroxyl groups is 1. The molecule has 144 valence electrons. The van der Waals surface area contributed by atoms with Crippen LogP contribution in [0.15, 0.2) is 30.3 Å². The van der Waals surface area contributed by atoms with Gasteiger partial charge in [0, 0.05) is 19.0 Å². The summed E-state index contributed by atoms with van der Waals surface area (Å²) in [5.74, 6) is -0.0493. The number of hydrogen-bond acceptors (Lipinski definition) is 5. The van der Waals surface area contributed by atoms with Gasteiger partial charge < -0.3 is 24.8 Å². The number of aliphatic hydroxyl groups excluding tert-OH is 1. The Morgan fingerprint density at radius 3 is 2.42 bits per heavy atom. The highest BCUT2D eigenvalue weighted by Gasteiger charge is 2.40. The number of hydrogen-bond donors (Lipinski definition) is 2. The summed E-state index contributed by atoms with van der Waals surface area (Å²) in [5, 5.41) is 12.7. The second-order valence-electron chi connectivity index (χ2n) is 7.62. The Labute approximate surface area is 154 Å². The predicted octanol–water partition coefficient (Wildman–Crippen LogP) is 2.53. The molecule has 0 unspecified atom stereocenters. The Morgan fingerprint density at radius 2 is 1.88 bits per heavy atom. The van der Waals surface area contributed by atoms with Crippen molar-refractivity contribution in [2.75, 3.05) is 13.1 Å². The van der Waals surface area contributed by atoms with E-state index in [0.29, 0.717) is 13.1 Å². The summed E-state index contributed by atoms with van der Waals surface area (Å²) in [6.07, 6.45) is -1.73. The summed E-state index contributed by atoms with van der Waals surface area (Å²) < 4.78 is 10.5. The van der Waals surface area contributed by atoms with Gasteiger partial charge in [0.2, 0.25) is 0 Å². The third-order valence-corrected chi connectivity index (χ3v) is 4.09. The Bertz CT molecular complexity index is 606. The fourth-order valence-electron chi connectivity index (χ4n) is 2.75. The molecular formula is C19H28N2O5. The van der Waals surface area contributed by atoms with Crippen molar-refractivity contribution in [3.05, 3.63) is 35.9 Å². The van der Waals surface area contributed by atoms with Crippen molar-refractivity contribution in [1.82, 2.24) is 10.2 Å². The summed E-state index contributed by atoms with van der Waals surface area (Å²) >= 11 is 0. The Kier molecular flexibility index (Phi) is 6.47. The van der Waals surface area contributed by atoms with Gasteiger partial charge in [-0.2, -0.15) is 0 Å². The number of nitrogens with one attached hydrogen (secondary N) is 1. The second-order valence-corrected chi connectivity index (χ2v) is 7.62. The van der Waals surface area contributed by atoms with Crippen LogP contribution in [0, 0.1) is 5.92 Å². The number of ether oxygens (including phenoxy) is 2. The summed E-state index contributed by atoms with van der Waals surface area (Å²) in [6, 6.07) is 8.87. The number of carbonyl (C=O) groups excluding carboxylic acids is 2. The molecule has 7 heteroatoms. The van der Waals surface area contributed by atoms with Crippen molar-refractivity contribution in [1.29, 1.82) is 0 Å². The summed E-state index contributed by atoms with van der Waals surface area (Å²) in [6.45, 7) is 8.04. The Morgan fingerprint density at radius 1 is 1.27 bits per heavy atom. The van der Waals surface area contributed by atoms with E-state index < -0.39 is 23.8 Å². The zero-order chi connectivity index (χ0) is 19.3. The molecule has 0 aromatic heterocycles. The van der Waals surface area contributed by atoms with Crippen LogP contribution in [0.25, 0.3) is 0 Å². The highest BCUT2D eigenvalue weighted by Crippen LogP contribution is 2.24. The van der Waals surface area contributed by atoms with E-state index in [2.05, 4.69) is 5.32 Å². The van der Waals surface area contributed by atoms with Gasteiger partial charge in [-0.15, -0.1) is 0 Å². The molecule has 1 aliphatic heterocycles. The largest absolute Gasteiger partial charge is 0.445 e. The molecule has 2 N–H and O–H groups in total. The molecule has 1 aliphatic rings. The standard InChI is InChI=1S/C19H28N2O5/c1-13(22)16(15-10-21(11-15)18(24)26-19(2,3)4)20-17(23)25-12-14-8-6-5-7-9-14/h5-9,13,15-16,22H,10-12H2,1-4H3,(H,20,23)/t13-,16-/m1/s1. The molecule has 1 fully saturated rings. The van der Waals surface area contributed by atoms with Crippen LogP contribution in [0.2, 0.25) is 0 Å². The van der Waals surface area contributed by atoms with Crippen LogP contribution < -0.4 is 5.32 Å². The highest BCUT2D eigenvalue weighted by atomic mass is 16.6. The number of nitrogens with zero attached hydrogens (tertiary/aromatic N) is 1. The predicted molar refractivity (Wildman–Crippen MR) is 96.5 cm³/mol. The molecule has 1 aromatic carbocycles. The highest BCUT2D eigenvalue weighted by molar-refractivity contribution is 5.70. The van der Waals surface area contributed by atoms with E-state index in [-0.39, 0.29) is 18.6 Å². The van der Waals surface area contributed by atoms with E-state index in [1.165, 1.54) is 0 Å².